The molecule has 17 heavy (non-hydrogen) atoms. The van der Waals surface area contributed by atoms with Gasteiger partial charge in [0.15, 0.2) is 0 Å². The third kappa shape index (κ3) is 3.54. The SMILES string of the molecule is CCCn1cc(CN2CC(C)NC(C)C2)cn1. The molecule has 1 aliphatic rings. The second-order valence-corrected chi connectivity index (χ2v) is 5.27. The second-order valence-electron chi connectivity index (χ2n) is 5.27. The lowest BCUT2D eigenvalue weighted by molar-refractivity contribution is 0.166. The fourth-order valence-electron chi connectivity index (χ4n) is 2.67. The van der Waals surface area contributed by atoms with Crippen LogP contribution >= 0.6 is 0 Å². The molecule has 1 saturated heterocycles. The van der Waals surface area contributed by atoms with Crippen molar-refractivity contribution in [3.05, 3.63) is 18.0 Å². The highest BCUT2D eigenvalue weighted by Gasteiger charge is 2.20. The number of rotatable bonds is 4. The Hall–Kier alpha value is -0.870. The quantitative estimate of drug-likeness (QED) is 0.859. The predicted molar refractivity (Wildman–Crippen MR) is 69.9 cm³/mol. The topological polar surface area (TPSA) is 33.1 Å². The van der Waals surface area contributed by atoms with Crippen molar-refractivity contribution in [1.82, 2.24) is 20.0 Å². The maximum absolute atomic E-state index is 4.38. The summed E-state index contributed by atoms with van der Waals surface area (Å²) in [5.41, 5.74) is 1.33. The molecule has 2 unspecified atom stereocenters. The average molecular weight is 236 g/mol. The van der Waals surface area contributed by atoms with Crippen LogP contribution in [0.3, 0.4) is 0 Å². The Morgan fingerprint density at radius 1 is 1.35 bits per heavy atom. The van der Waals surface area contributed by atoms with Crippen molar-refractivity contribution < 1.29 is 0 Å². The summed E-state index contributed by atoms with van der Waals surface area (Å²) in [4.78, 5) is 2.51. The van der Waals surface area contributed by atoms with E-state index in [0.717, 1.165) is 32.6 Å². The Balaban J connectivity index is 1.90. The summed E-state index contributed by atoms with van der Waals surface area (Å²) in [5, 5.41) is 7.94. The largest absolute Gasteiger partial charge is 0.309 e. The number of nitrogens with zero attached hydrogens (tertiary/aromatic N) is 3. The van der Waals surface area contributed by atoms with Gasteiger partial charge in [0.2, 0.25) is 0 Å². The molecule has 0 aromatic carbocycles. The molecule has 1 aromatic rings. The molecule has 2 rings (SSSR count). The van der Waals surface area contributed by atoms with Gasteiger partial charge in [0, 0.05) is 50.0 Å². The third-order valence-corrected chi connectivity index (χ3v) is 3.18. The van der Waals surface area contributed by atoms with Crippen LogP contribution in [0.15, 0.2) is 12.4 Å². The van der Waals surface area contributed by atoms with Crippen molar-refractivity contribution in [3.63, 3.8) is 0 Å². The predicted octanol–water partition coefficient (Wildman–Crippen LogP) is 1.48. The van der Waals surface area contributed by atoms with E-state index in [9.17, 15) is 0 Å². The van der Waals surface area contributed by atoms with Crippen molar-refractivity contribution in [2.45, 2.75) is 52.4 Å². The van der Waals surface area contributed by atoms with Gasteiger partial charge in [0.1, 0.15) is 0 Å². The van der Waals surface area contributed by atoms with E-state index in [0.29, 0.717) is 12.1 Å². The maximum atomic E-state index is 4.38. The first-order valence-electron chi connectivity index (χ1n) is 6.67. The molecule has 0 saturated carbocycles. The Morgan fingerprint density at radius 3 is 2.71 bits per heavy atom. The summed E-state index contributed by atoms with van der Waals surface area (Å²) in [7, 11) is 0. The molecule has 1 aromatic heterocycles. The van der Waals surface area contributed by atoms with E-state index in [-0.39, 0.29) is 0 Å². The van der Waals surface area contributed by atoms with Crippen LogP contribution in [0.1, 0.15) is 32.8 Å². The van der Waals surface area contributed by atoms with Crippen molar-refractivity contribution in [3.8, 4) is 0 Å². The molecule has 2 atom stereocenters. The van der Waals surface area contributed by atoms with Crippen LogP contribution in [0.25, 0.3) is 0 Å². The molecular formula is C13H24N4. The fraction of sp³-hybridized carbons (Fsp3) is 0.769. The lowest BCUT2D eigenvalue weighted by Crippen LogP contribution is -2.53. The standard InChI is InChI=1S/C13H24N4/c1-4-5-17-10-13(6-14-17)9-16-7-11(2)15-12(3)8-16/h6,10-12,15H,4-5,7-9H2,1-3H3. The summed E-state index contributed by atoms with van der Waals surface area (Å²) in [6.07, 6.45) is 5.33. The Labute approximate surface area is 104 Å². The minimum absolute atomic E-state index is 0.587. The number of nitrogens with one attached hydrogen (secondary N) is 1. The van der Waals surface area contributed by atoms with E-state index in [1.54, 1.807) is 0 Å². The minimum Gasteiger partial charge on any atom is -0.309 e. The van der Waals surface area contributed by atoms with Crippen LogP contribution in [0.2, 0.25) is 0 Å². The van der Waals surface area contributed by atoms with E-state index in [4.69, 9.17) is 0 Å². The van der Waals surface area contributed by atoms with E-state index < -0.39 is 0 Å². The summed E-state index contributed by atoms with van der Waals surface area (Å²) in [6.45, 7) is 11.0. The first-order chi connectivity index (χ1) is 8.17. The molecule has 0 spiro atoms. The normalized spacial score (nSPS) is 26.3. The lowest BCUT2D eigenvalue weighted by atomic mass is 10.1. The monoisotopic (exact) mass is 236 g/mol. The maximum Gasteiger partial charge on any atom is 0.0534 e. The second kappa shape index (κ2) is 5.65. The molecule has 0 radical (unpaired) electrons. The van der Waals surface area contributed by atoms with E-state index in [1.807, 2.05) is 10.9 Å². The van der Waals surface area contributed by atoms with Crippen LogP contribution in [0, 0.1) is 0 Å². The van der Waals surface area contributed by atoms with Crippen LogP contribution < -0.4 is 5.32 Å². The number of aryl methyl sites for hydroxylation is 1. The summed E-state index contributed by atoms with van der Waals surface area (Å²) in [6, 6.07) is 1.17. The van der Waals surface area contributed by atoms with Gasteiger partial charge in [-0.2, -0.15) is 5.10 Å². The highest BCUT2D eigenvalue weighted by molar-refractivity contribution is 5.04. The van der Waals surface area contributed by atoms with E-state index in [2.05, 4.69) is 42.3 Å². The molecule has 1 N–H and O–H groups in total. The molecule has 96 valence electrons. The zero-order chi connectivity index (χ0) is 12.3. The van der Waals surface area contributed by atoms with Crippen molar-refractivity contribution in [1.29, 1.82) is 0 Å². The molecule has 4 heteroatoms. The molecule has 0 amide bonds. The van der Waals surface area contributed by atoms with E-state index >= 15 is 0 Å². The van der Waals surface area contributed by atoms with Gasteiger partial charge in [0.05, 0.1) is 6.20 Å². The van der Waals surface area contributed by atoms with Gasteiger partial charge in [-0.25, -0.2) is 0 Å². The average Bonchev–Trinajstić information content (AvgIpc) is 2.64. The first-order valence-corrected chi connectivity index (χ1v) is 6.67. The first kappa shape index (κ1) is 12.6. The smallest absolute Gasteiger partial charge is 0.0534 e. The molecule has 1 aliphatic heterocycles. The summed E-state index contributed by atoms with van der Waals surface area (Å²) >= 11 is 0. The van der Waals surface area contributed by atoms with Gasteiger partial charge in [0.25, 0.3) is 0 Å². The zero-order valence-corrected chi connectivity index (χ0v) is 11.2. The van der Waals surface area contributed by atoms with Crippen molar-refractivity contribution in [2.24, 2.45) is 0 Å². The third-order valence-electron chi connectivity index (χ3n) is 3.18. The van der Waals surface area contributed by atoms with Gasteiger partial charge in [-0.1, -0.05) is 6.92 Å². The van der Waals surface area contributed by atoms with Gasteiger partial charge in [-0.05, 0) is 20.3 Å². The van der Waals surface area contributed by atoms with Crippen LogP contribution in [-0.4, -0.2) is 39.9 Å². The lowest BCUT2D eigenvalue weighted by Gasteiger charge is -2.35. The molecule has 1 fully saturated rings. The molecule has 4 nitrogen and oxygen atoms in total. The molecular weight excluding hydrogens is 212 g/mol. The fourth-order valence-corrected chi connectivity index (χ4v) is 2.67. The van der Waals surface area contributed by atoms with E-state index in [1.165, 1.54) is 5.56 Å². The van der Waals surface area contributed by atoms with Crippen molar-refractivity contribution in [2.75, 3.05) is 13.1 Å². The Kier molecular flexibility index (Phi) is 4.18. The highest BCUT2D eigenvalue weighted by atomic mass is 15.3. The van der Waals surface area contributed by atoms with Gasteiger partial charge in [-0.3, -0.25) is 9.58 Å². The molecule has 2 heterocycles. The zero-order valence-electron chi connectivity index (χ0n) is 11.2. The number of aromatic nitrogens is 2. The van der Waals surface area contributed by atoms with Gasteiger partial charge >= 0.3 is 0 Å². The van der Waals surface area contributed by atoms with Crippen LogP contribution in [0.4, 0.5) is 0 Å². The minimum atomic E-state index is 0.587. The van der Waals surface area contributed by atoms with Crippen LogP contribution in [0.5, 0.6) is 0 Å². The van der Waals surface area contributed by atoms with Crippen LogP contribution in [-0.2, 0) is 13.1 Å². The van der Waals surface area contributed by atoms with Gasteiger partial charge in [-0.15, -0.1) is 0 Å². The number of piperazine rings is 1. The Morgan fingerprint density at radius 2 is 2.06 bits per heavy atom. The number of hydrogen-bond acceptors (Lipinski definition) is 3. The number of hydrogen-bond donors (Lipinski definition) is 1. The van der Waals surface area contributed by atoms with Crippen molar-refractivity contribution >= 4 is 0 Å². The molecule has 0 bridgehead atoms. The highest BCUT2D eigenvalue weighted by Crippen LogP contribution is 2.09. The summed E-state index contributed by atoms with van der Waals surface area (Å²) in [5.74, 6) is 0. The summed E-state index contributed by atoms with van der Waals surface area (Å²) < 4.78 is 2.05. The van der Waals surface area contributed by atoms with Gasteiger partial charge < -0.3 is 5.32 Å². The molecule has 0 aliphatic carbocycles. The Bertz CT molecular complexity index is 337.